The summed E-state index contributed by atoms with van der Waals surface area (Å²) in [5.74, 6) is -0.362. The molecule has 0 fully saturated rings. The molecule has 2 aromatic carbocycles. The number of para-hydroxylation sites is 1. The van der Waals surface area contributed by atoms with Gasteiger partial charge in [-0.05, 0) is 36.8 Å². The topological polar surface area (TPSA) is 105 Å². The number of sulfonamides is 1. The summed E-state index contributed by atoms with van der Waals surface area (Å²) in [4.78, 5) is 24.1. The van der Waals surface area contributed by atoms with Crippen LogP contribution in [0.15, 0.2) is 53.4 Å². The molecule has 0 aliphatic carbocycles. The van der Waals surface area contributed by atoms with Crippen molar-refractivity contribution in [2.24, 2.45) is 0 Å². The van der Waals surface area contributed by atoms with Crippen molar-refractivity contribution in [1.82, 2.24) is 9.62 Å². The Balaban J connectivity index is 1.94. The molecule has 162 valence electrons. The van der Waals surface area contributed by atoms with E-state index in [1.807, 2.05) is 6.07 Å². The molecule has 2 rings (SSSR count). The molecule has 0 unspecified atom stereocenters. The summed E-state index contributed by atoms with van der Waals surface area (Å²) in [7, 11) is -3.65. The number of hydrogen-bond donors (Lipinski definition) is 2. The molecule has 0 spiro atoms. The number of benzene rings is 2. The van der Waals surface area contributed by atoms with Crippen molar-refractivity contribution in [3.63, 3.8) is 0 Å². The van der Waals surface area contributed by atoms with Crippen molar-refractivity contribution in [3.05, 3.63) is 54.1 Å². The minimum atomic E-state index is -3.65. The van der Waals surface area contributed by atoms with Gasteiger partial charge < -0.3 is 15.4 Å². The van der Waals surface area contributed by atoms with E-state index >= 15 is 0 Å². The molecule has 30 heavy (non-hydrogen) atoms. The fourth-order valence-electron chi connectivity index (χ4n) is 2.76. The van der Waals surface area contributed by atoms with E-state index in [-0.39, 0.29) is 18.0 Å². The summed E-state index contributed by atoms with van der Waals surface area (Å²) in [6.45, 7) is 5.47. The van der Waals surface area contributed by atoms with Gasteiger partial charge >= 0.3 is 0 Å². The Labute approximate surface area is 177 Å². The van der Waals surface area contributed by atoms with Crippen LogP contribution in [0.3, 0.4) is 0 Å². The molecular weight excluding hydrogens is 406 g/mol. The third-order valence-electron chi connectivity index (χ3n) is 4.35. The maximum absolute atomic E-state index is 12.8. The van der Waals surface area contributed by atoms with E-state index < -0.39 is 21.8 Å². The van der Waals surface area contributed by atoms with Gasteiger partial charge in [0, 0.05) is 18.8 Å². The molecule has 0 bridgehead atoms. The van der Waals surface area contributed by atoms with E-state index in [0.717, 1.165) is 0 Å². The first-order valence-electron chi connectivity index (χ1n) is 9.63. The number of nitrogens with one attached hydrogen (secondary N) is 2. The van der Waals surface area contributed by atoms with Crippen LogP contribution in [0.4, 0.5) is 5.69 Å². The third-order valence-corrected chi connectivity index (χ3v) is 6.55. The second-order valence-corrected chi connectivity index (χ2v) is 8.40. The molecule has 0 aromatic heterocycles. The maximum Gasteiger partial charge on any atom is 0.258 e. The average Bonchev–Trinajstić information content (AvgIpc) is 2.73. The predicted molar refractivity (Wildman–Crippen MR) is 115 cm³/mol. The Morgan fingerprint density at radius 2 is 1.67 bits per heavy atom. The van der Waals surface area contributed by atoms with E-state index in [2.05, 4.69) is 10.6 Å². The maximum atomic E-state index is 12.8. The number of ether oxygens (including phenoxy) is 1. The van der Waals surface area contributed by atoms with Crippen LogP contribution in [0.2, 0.25) is 0 Å². The zero-order valence-electron chi connectivity index (χ0n) is 17.3. The molecule has 0 radical (unpaired) electrons. The van der Waals surface area contributed by atoms with Crippen LogP contribution in [0, 0.1) is 6.92 Å². The summed E-state index contributed by atoms with van der Waals surface area (Å²) in [6.07, 6.45) is 0. The minimum Gasteiger partial charge on any atom is -0.484 e. The van der Waals surface area contributed by atoms with E-state index in [1.165, 1.54) is 10.4 Å². The molecule has 2 N–H and O–H groups in total. The molecule has 0 aliphatic rings. The molecule has 2 amide bonds. The van der Waals surface area contributed by atoms with E-state index in [0.29, 0.717) is 30.1 Å². The summed E-state index contributed by atoms with van der Waals surface area (Å²) in [6, 6.07) is 13.5. The molecule has 0 saturated carbocycles. The number of amides is 2. The summed E-state index contributed by atoms with van der Waals surface area (Å²) < 4.78 is 32.3. The molecule has 0 heterocycles. The van der Waals surface area contributed by atoms with Crippen LogP contribution in [-0.2, 0) is 19.6 Å². The first kappa shape index (κ1) is 23.4. The lowest BCUT2D eigenvalue weighted by molar-refractivity contribution is -0.125. The van der Waals surface area contributed by atoms with Crippen molar-refractivity contribution in [2.45, 2.75) is 25.7 Å². The molecule has 0 saturated heterocycles. The van der Waals surface area contributed by atoms with Gasteiger partial charge in [-0.1, -0.05) is 38.1 Å². The molecule has 2 aromatic rings. The van der Waals surface area contributed by atoms with Crippen LogP contribution >= 0.6 is 0 Å². The molecular formula is C21H27N3O5S. The van der Waals surface area contributed by atoms with Gasteiger partial charge in [-0.3, -0.25) is 9.59 Å². The quantitative estimate of drug-likeness (QED) is 0.597. The van der Waals surface area contributed by atoms with Crippen LogP contribution in [0.1, 0.15) is 19.4 Å². The number of rotatable bonds is 10. The van der Waals surface area contributed by atoms with E-state index in [9.17, 15) is 18.0 Å². The van der Waals surface area contributed by atoms with Crippen molar-refractivity contribution in [2.75, 3.05) is 31.6 Å². The smallest absolute Gasteiger partial charge is 0.258 e. The van der Waals surface area contributed by atoms with Crippen molar-refractivity contribution < 1.29 is 22.7 Å². The highest BCUT2D eigenvalue weighted by Gasteiger charge is 2.24. The van der Waals surface area contributed by atoms with Gasteiger partial charge in [0.1, 0.15) is 5.75 Å². The lowest BCUT2D eigenvalue weighted by atomic mass is 10.2. The van der Waals surface area contributed by atoms with Gasteiger partial charge in [0.15, 0.2) is 6.61 Å². The van der Waals surface area contributed by atoms with Crippen LogP contribution in [-0.4, -0.2) is 50.8 Å². The highest BCUT2D eigenvalue weighted by molar-refractivity contribution is 7.89. The van der Waals surface area contributed by atoms with Crippen LogP contribution in [0.5, 0.6) is 5.75 Å². The van der Waals surface area contributed by atoms with Gasteiger partial charge in [-0.25, -0.2) is 8.42 Å². The Bertz CT molecular complexity index is 973. The van der Waals surface area contributed by atoms with Gasteiger partial charge in [0.05, 0.1) is 11.4 Å². The standard InChI is InChI=1S/C21H27N3O5S/c1-4-24(5-2)30(27,28)19-13-17(12-11-16(19)3)23-20(25)14-22-21(26)15-29-18-9-7-6-8-10-18/h6-13H,4-5,14-15H2,1-3H3,(H,22,26)(H,23,25). The summed E-state index contributed by atoms with van der Waals surface area (Å²) >= 11 is 0. The van der Waals surface area contributed by atoms with Gasteiger partial charge in [0.25, 0.3) is 5.91 Å². The van der Waals surface area contributed by atoms with Crippen LogP contribution in [0.25, 0.3) is 0 Å². The molecule has 0 atom stereocenters. The first-order chi connectivity index (χ1) is 14.3. The number of aryl methyl sites for hydroxylation is 1. The van der Waals surface area contributed by atoms with Crippen molar-refractivity contribution in [1.29, 1.82) is 0 Å². The second kappa shape index (κ2) is 10.7. The van der Waals surface area contributed by atoms with Gasteiger partial charge in [0.2, 0.25) is 15.9 Å². The number of anilines is 1. The molecule has 9 heteroatoms. The zero-order chi connectivity index (χ0) is 22.1. The number of carbonyl (C=O) groups is 2. The number of hydrogen-bond acceptors (Lipinski definition) is 5. The van der Waals surface area contributed by atoms with Gasteiger partial charge in [-0.15, -0.1) is 0 Å². The highest BCUT2D eigenvalue weighted by atomic mass is 32.2. The summed E-state index contributed by atoms with van der Waals surface area (Å²) in [5.41, 5.74) is 0.928. The second-order valence-electron chi connectivity index (χ2n) is 6.50. The molecule has 0 aliphatic heterocycles. The largest absolute Gasteiger partial charge is 0.484 e. The molecule has 8 nitrogen and oxygen atoms in total. The fourth-order valence-corrected chi connectivity index (χ4v) is 4.47. The lowest BCUT2D eigenvalue weighted by Gasteiger charge is -2.20. The number of carbonyl (C=O) groups excluding carboxylic acids is 2. The SMILES string of the molecule is CCN(CC)S(=O)(=O)c1cc(NC(=O)CNC(=O)COc2ccccc2)ccc1C. The van der Waals surface area contributed by atoms with E-state index in [4.69, 9.17) is 4.74 Å². The van der Waals surface area contributed by atoms with E-state index in [1.54, 1.807) is 57.2 Å². The number of nitrogens with zero attached hydrogens (tertiary/aromatic N) is 1. The Hall–Kier alpha value is -2.91. The minimum absolute atomic E-state index is 0.143. The third kappa shape index (κ3) is 6.30. The Kier molecular flexibility index (Phi) is 8.37. The fraction of sp³-hybridized carbons (Fsp3) is 0.333. The monoisotopic (exact) mass is 433 g/mol. The highest BCUT2D eigenvalue weighted by Crippen LogP contribution is 2.23. The lowest BCUT2D eigenvalue weighted by Crippen LogP contribution is -2.35. The van der Waals surface area contributed by atoms with Crippen LogP contribution < -0.4 is 15.4 Å². The predicted octanol–water partition coefficient (Wildman–Crippen LogP) is 2.16. The van der Waals surface area contributed by atoms with Crippen molar-refractivity contribution >= 4 is 27.5 Å². The van der Waals surface area contributed by atoms with Crippen molar-refractivity contribution in [3.8, 4) is 5.75 Å². The first-order valence-corrected chi connectivity index (χ1v) is 11.1. The summed E-state index contributed by atoms with van der Waals surface area (Å²) in [5, 5.41) is 5.07. The zero-order valence-corrected chi connectivity index (χ0v) is 18.2. The van der Waals surface area contributed by atoms with Gasteiger partial charge in [-0.2, -0.15) is 4.31 Å². The normalized spacial score (nSPS) is 11.2. The Morgan fingerprint density at radius 3 is 2.30 bits per heavy atom. The average molecular weight is 434 g/mol. The Morgan fingerprint density at radius 1 is 1.00 bits per heavy atom.